The Balaban J connectivity index is 1.85. The summed E-state index contributed by atoms with van der Waals surface area (Å²) in [4.78, 5) is 15.2. The number of hydrogen-bond acceptors (Lipinski definition) is 1. The number of anilines is 1. The fourth-order valence-electron chi connectivity index (χ4n) is 1.96. The topological polar surface area (TPSA) is 44.9 Å². The maximum Gasteiger partial charge on any atom is 0.272 e. The second-order valence-electron chi connectivity index (χ2n) is 4.35. The molecule has 4 heteroatoms. The van der Waals surface area contributed by atoms with Crippen LogP contribution in [-0.2, 0) is 0 Å². The maximum absolute atomic E-state index is 12.1. The Morgan fingerprint density at radius 2 is 1.79 bits per heavy atom. The van der Waals surface area contributed by atoms with E-state index in [4.69, 9.17) is 0 Å². The molecule has 0 aliphatic heterocycles. The Morgan fingerprint density at radius 3 is 2.53 bits per heavy atom. The van der Waals surface area contributed by atoms with E-state index in [-0.39, 0.29) is 5.91 Å². The molecule has 1 heterocycles. The summed E-state index contributed by atoms with van der Waals surface area (Å²) in [7, 11) is 2.61. The first-order valence-corrected chi connectivity index (χ1v) is 6.55. The molecule has 3 aromatic rings. The minimum Gasteiger partial charge on any atom is -0.351 e. The number of benzene rings is 2. The van der Waals surface area contributed by atoms with Crippen LogP contribution in [0.4, 0.5) is 5.69 Å². The molecule has 3 rings (SSSR count). The Morgan fingerprint density at radius 1 is 1.05 bits per heavy atom. The second kappa shape index (κ2) is 4.87. The summed E-state index contributed by atoms with van der Waals surface area (Å²) in [6.45, 7) is 0. The van der Waals surface area contributed by atoms with Crippen molar-refractivity contribution in [3.63, 3.8) is 0 Å². The predicted octanol–water partition coefficient (Wildman–Crippen LogP) is 2.92. The zero-order chi connectivity index (χ0) is 13.2. The minimum atomic E-state index is -0.132. The third-order valence-electron chi connectivity index (χ3n) is 2.94. The van der Waals surface area contributed by atoms with Crippen LogP contribution in [0.2, 0.25) is 0 Å². The summed E-state index contributed by atoms with van der Waals surface area (Å²) in [6.07, 6.45) is 0. The molecule has 3 nitrogen and oxygen atoms in total. The van der Waals surface area contributed by atoms with Crippen molar-refractivity contribution in [2.24, 2.45) is 0 Å². The number of aromatic amines is 1. The van der Waals surface area contributed by atoms with Crippen LogP contribution in [0.1, 0.15) is 10.5 Å². The van der Waals surface area contributed by atoms with E-state index in [1.807, 2.05) is 54.6 Å². The highest BCUT2D eigenvalue weighted by molar-refractivity contribution is 7.27. The van der Waals surface area contributed by atoms with Gasteiger partial charge in [-0.2, -0.15) is 0 Å². The van der Waals surface area contributed by atoms with Crippen molar-refractivity contribution in [2.75, 3.05) is 5.32 Å². The average molecular weight is 268 g/mol. The molecule has 2 aromatic carbocycles. The molecule has 0 radical (unpaired) electrons. The number of H-pyrrole nitrogens is 1. The Hall–Kier alpha value is -2.12. The van der Waals surface area contributed by atoms with Gasteiger partial charge in [0.1, 0.15) is 5.69 Å². The first-order valence-electron chi connectivity index (χ1n) is 5.97. The van der Waals surface area contributed by atoms with Crippen LogP contribution in [0.3, 0.4) is 0 Å². The van der Waals surface area contributed by atoms with Crippen molar-refractivity contribution < 1.29 is 4.79 Å². The number of aromatic nitrogens is 1. The van der Waals surface area contributed by atoms with Gasteiger partial charge in [-0.05, 0) is 29.6 Å². The fraction of sp³-hybridized carbons (Fsp3) is 0. The van der Waals surface area contributed by atoms with Gasteiger partial charge in [-0.1, -0.05) is 30.3 Å². The Labute approximate surface area is 113 Å². The first kappa shape index (κ1) is 11.9. The number of carbonyl (C=O) groups is 1. The first-order chi connectivity index (χ1) is 9.22. The van der Waals surface area contributed by atoms with Crippen LogP contribution in [0.5, 0.6) is 0 Å². The Kier molecular flexibility index (Phi) is 3.06. The van der Waals surface area contributed by atoms with E-state index in [0.717, 1.165) is 21.9 Å². The molecule has 0 aliphatic carbocycles. The lowest BCUT2D eigenvalue weighted by molar-refractivity contribution is 0.102. The second-order valence-corrected chi connectivity index (χ2v) is 5.01. The maximum atomic E-state index is 12.1. The summed E-state index contributed by atoms with van der Waals surface area (Å²) in [6, 6.07) is 17.3. The largest absolute Gasteiger partial charge is 0.351 e. The van der Waals surface area contributed by atoms with Crippen molar-refractivity contribution in [1.82, 2.24) is 4.98 Å². The van der Waals surface area contributed by atoms with Crippen molar-refractivity contribution in [1.29, 1.82) is 0 Å². The lowest BCUT2D eigenvalue weighted by Gasteiger charge is -2.03. The minimum absolute atomic E-state index is 0.132. The summed E-state index contributed by atoms with van der Waals surface area (Å²) < 4.78 is 0. The monoisotopic (exact) mass is 268 g/mol. The van der Waals surface area contributed by atoms with Crippen molar-refractivity contribution >= 4 is 37.0 Å². The molecule has 0 bridgehead atoms. The number of fused-ring (bicyclic) bond motifs is 1. The number of amides is 1. The number of rotatable bonds is 2. The molecule has 1 atom stereocenters. The van der Waals surface area contributed by atoms with Crippen LogP contribution in [0.15, 0.2) is 54.6 Å². The Bertz CT molecular complexity index is 698. The smallest absolute Gasteiger partial charge is 0.272 e. The quantitative estimate of drug-likeness (QED) is 0.690. The summed E-state index contributed by atoms with van der Waals surface area (Å²) in [5.74, 6) is -0.132. The van der Waals surface area contributed by atoms with Gasteiger partial charge in [-0.3, -0.25) is 4.79 Å². The van der Waals surface area contributed by atoms with Gasteiger partial charge >= 0.3 is 0 Å². The van der Waals surface area contributed by atoms with Gasteiger partial charge < -0.3 is 10.3 Å². The van der Waals surface area contributed by atoms with Gasteiger partial charge in [0.05, 0.1) is 0 Å². The van der Waals surface area contributed by atoms with Gasteiger partial charge in [-0.15, -0.1) is 9.24 Å². The molecule has 0 saturated carbocycles. The number of para-hydroxylation sites is 1. The molecule has 94 valence electrons. The van der Waals surface area contributed by atoms with E-state index in [9.17, 15) is 4.79 Å². The van der Waals surface area contributed by atoms with E-state index in [2.05, 4.69) is 19.5 Å². The molecule has 0 spiro atoms. The summed E-state index contributed by atoms with van der Waals surface area (Å²) >= 11 is 0. The third kappa shape index (κ3) is 2.51. The van der Waals surface area contributed by atoms with Gasteiger partial charge in [0, 0.05) is 16.6 Å². The molecule has 0 fully saturated rings. The van der Waals surface area contributed by atoms with Gasteiger partial charge in [0.15, 0.2) is 0 Å². The number of carbonyl (C=O) groups excluding carboxylic acids is 1. The standard InChI is InChI=1S/C15H13N2OP/c18-15(16-11-5-7-12(19)8-6-11)14-9-10-3-1-2-4-13(10)17-14/h1-9,17H,19H2,(H,16,18). The van der Waals surface area contributed by atoms with Crippen LogP contribution < -0.4 is 10.6 Å². The molecule has 2 N–H and O–H groups in total. The van der Waals surface area contributed by atoms with Crippen molar-refractivity contribution in [2.45, 2.75) is 0 Å². The molecule has 19 heavy (non-hydrogen) atoms. The highest BCUT2D eigenvalue weighted by atomic mass is 31.0. The number of hydrogen-bond donors (Lipinski definition) is 2. The van der Waals surface area contributed by atoms with Crippen LogP contribution in [-0.4, -0.2) is 10.9 Å². The van der Waals surface area contributed by atoms with E-state index in [1.54, 1.807) is 0 Å². The van der Waals surface area contributed by atoms with Gasteiger partial charge in [-0.25, -0.2) is 0 Å². The SMILES string of the molecule is O=C(Nc1ccc(P)cc1)c1cc2ccccc2[nH]1. The predicted molar refractivity (Wildman–Crippen MR) is 82.0 cm³/mol. The molecular weight excluding hydrogens is 255 g/mol. The zero-order valence-corrected chi connectivity index (χ0v) is 11.3. The molecular formula is C15H13N2OP. The van der Waals surface area contributed by atoms with Crippen molar-refractivity contribution in [3.8, 4) is 0 Å². The van der Waals surface area contributed by atoms with Gasteiger partial charge in [0.25, 0.3) is 5.91 Å². The van der Waals surface area contributed by atoms with Crippen molar-refractivity contribution in [3.05, 3.63) is 60.3 Å². The molecule has 0 saturated heterocycles. The lowest BCUT2D eigenvalue weighted by atomic mass is 10.2. The highest BCUT2D eigenvalue weighted by Crippen LogP contribution is 2.16. The zero-order valence-electron chi connectivity index (χ0n) is 10.2. The average Bonchev–Trinajstić information content (AvgIpc) is 2.85. The normalized spacial score (nSPS) is 10.6. The number of nitrogens with one attached hydrogen (secondary N) is 2. The summed E-state index contributed by atoms with van der Waals surface area (Å²) in [5, 5.41) is 4.99. The van der Waals surface area contributed by atoms with Gasteiger partial charge in [0.2, 0.25) is 0 Å². The van der Waals surface area contributed by atoms with E-state index in [1.165, 1.54) is 0 Å². The van der Waals surface area contributed by atoms with Crippen LogP contribution in [0, 0.1) is 0 Å². The third-order valence-corrected chi connectivity index (χ3v) is 3.33. The van der Waals surface area contributed by atoms with Crippen LogP contribution >= 0.6 is 9.24 Å². The highest BCUT2D eigenvalue weighted by Gasteiger charge is 2.09. The lowest BCUT2D eigenvalue weighted by Crippen LogP contribution is -2.12. The van der Waals surface area contributed by atoms with E-state index in [0.29, 0.717) is 5.69 Å². The molecule has 1 aromatic heterocycles. The van der Waals surface area contributed by atoms with E-state index < -0.39 is 0 Å². The van der Waals surface area contributed by atoms with Crippen LogP contribution in [0.25, 0.3) is 10.9 Å². The molecule has 1 unspecified atom stereocenters. The van der Waals surface area contributed by atoms with E-state index >= 15 is 0 Å². The molecule has 1 amide bonds. The fourth-order valence-corrected chi connectivity index (χ4v) is 2.15. The summed E-state index contributed by atoms with van der Waals surface area (Å²) in [5.41, 5.74) is 2.32. The molecule has 0 aliphatic rings.